The summed E-state index contributed by atoms with van der Waals surface area (Å²) >= 11 is 0. The highest BCUT2D eigenvalue weighted by Gasteiger charge is 2.32. The molecule has 0 bridgehead atoms. The topological polar surface area (TPSA) is 57.2 Å². The molecule has 3 rings (SSSR count). The van der Waals surface area contributed by atoms with Crippen LogP contribution in [0.5, 0.6) is 11.5 Å². The first-order chi connectivity index (χ1) is 13.1. The zero-order valence-electron chi connectivity index (χ0n) is 16.3. The maximum Gasteiger partial charge on any atom is 0.246 e. The zero-order valence-corrected chi connectivity index (χ0v) is 16.3. The molecule has 1 aromatic carbocycles. The SMILES string of the molecule is COc1cc(/C=C/C(=O)N2CCCC(C3OCCO3)C2)ccc1OC(C)C. The Morgan fingerprint density at radius 2 is 2.04 bits per heavy atom. The van der Waals surface area contributed by atoms with Crippen LogP contribution in [0.1, 0.15) is 32.3 Å². The van der Waals surface area contributed by atoms with Crippen LogP contribution in [0.15, 0.2) is 24.3 Å². The van der Waals surface area contributed by atoms with E-state index in [1.54, 1.807) is 13.2 Å². The first-order valence-corrected chi connectivity index (χ1v) is 9.61. The van der Waals surface area contributed by atoms with Gasteiger partial charge in [-0.15, -0.1) is 0 Å². The highest BCUT2D eigenvalue weighted by Crippen LogP contribution is 2.29. The minimum atomic E-state index is -0.164. The number of methoxy groups -OCH3 is 1. The molecule has 1 unspecified atom stereocenters. The molecule has 6 heteroatoms. The summed E-state index contributed by atoms with van der Waals surface area (Å²) in [5, 5.41) is 0. The van der Waals surface area contributed by atoms with Crippen molar-refractivity contribution in [2.45, 2.75) is 39.1 Å². The number of rotatable bonds is 6. The van der Waals surface area contributed by atoms with Crippen molar-refractivity contribution in [3.8, 4) is 11.5 Å². The Morgan fingerprint density at radius 3 is 2.74 bits per heavy atom. The number of amides is 1. The number of benzene rings is 1. The van der Waals surface area contributed by atoms with Gasteiger partial charge in [0.15, 0.2) is 17.8 Å². The van der Waals surface area contributed by atoms with Crippen molar-refractivity contribution in [2.75, 3.05) is 33.4 Å². The van der Waals surface area contributed by atoms with E-state index >= 15 is 0 Å². The first-order valence-electron chi connectivity index (χ1n) is 9.61. The Kier molecular flexibility index (Phi) is 6.74. The summed E-state index contributed by atoms with van der Waals surface area (Å²) < 4.78 is 22.3. The third kappa shape index (κ3) is 5.23. The Labute approximate surface area is 161 Å². The molecular formula is C21H29NO5. The Balaban J connectivity index is 1.62. The van der Waals surface area contributed by atoms with Gasteiger partial charge in [0.2, 0.25) is 5.91 Å². The number of carbonyl (C=O) groups is 1. The lowest BCUT2D eigenvalue weighted by Gasteiger charge is -2.34. The second-order valence-electron chi connectivity index (χ2n) is 7.21. The predicted molar refractivity (Wildman–Crippen MR) is 103 cm³/mol. The molecular weight excluding hydrogens is 346 g/mol. The fraction of sp³-hybridized carbons (Fsp3) is 0.571. The molecule has 6 nitrogen and oxygen atoms in total. The molecule has 0 saturated carbocycles. The standard InChI is InChI=1S/C21H29NO5/c1-15(2)27-18-8-6-16(13-19(18)24-3)7-9-20(23)22-10-4-5-17(14-22)21-25-11-12-26-21/h6-9,13,15,17,21H,4-5,10-12,14H2,1-3H3/b9-7+. The van der Waals surface area contributed by atoms with Crippen LogP contribution in [0, 0.1) is 5.92 Å². The highest BCUT2D eigenvalue weighted by molar-refractivity contribution is 5.92. The average Bonchev–Trinajstić information content (AvgIpc) is 3.21. The molecule has 2 aliphatic heterocycles. The normalized spacial score (nSPS) is 21.2. The molecule has 0 spiro atoms. The van der Waals surface area contributed by atoms with Crippen molar-refractivity contribution in [1.82, 2.24) is 4.90 Å². The third-order valence-electron chi connectivity index (χ3n) is 4.77. The minimum Gasteiger partial charge on any atom is -0.493 e. The van der Waals surface area contributed by atoms with Crippen LogP contribution in [0.3, 0.4) is 0 Å². The van der Waals surface area contributed by atoms with Crippen molar-refractivity contribution in [3.05, 3.63) is 29.8 Å². The molecule has 148 valence electrons. The van der Waals surface area contributed by atoms with Gasteiger partial charge in [0.05, 0.1) is 26.4 Å². The van der Waals surface area contributed by atoms with Crippen molar-refractivity contribution < 1.29 is 23.7 Å². The van der Waals surface area contributed by atoms with Gasteiger partial charge in [0.25, 0.3) is 0 Å². The van der Waals surface area contributed by atoms with E-state index in [0.29, 0.717) is 31.3 Å². The van der Waals surface area contributed by atoms with Crippen LogP contribution < -0.4 is 9.47 Å². The molecule has 0 radical (unpaired) electrons. The fourth-order valence-corrected chi connectivity index (χ4v) is 3.49. The second kappa shape index (κ2) is 9.24. The van der Waals surface area contributed by atoms with E-state index in [1.807, 2.05) is 43.0 Å². The summed E-state index contributed by atoms with van der Waals surface area (Å²) in [7, 11) is 1.61. The molecule has 1 amide bonds. The predicted octanol–water partition coefficient (Wildman–Crippen LogP) is 3.11. The number of likely N-dealkylation sites (tertiary alicyclic amines) is 1. The van der Waals surface area contributed by atoms with Crippen molar-refractivity contribution in [3.63, 3.8) is 0 Å². The quantitative estimate of drug-likeness (QED) is 0.715. The van der Waals surface area contributed by atoms with E-state index in [9.17, 15) is 4.79 Å². The van der Waals surface area contributed by atoms with E-state index in [2.05, 4.69) is 0 Å². The largest absolute Gasteiger partial charge is 0.493 e. The maximum atomic E-state index is 12.6. The molecule has 2 aliphatic rings. The van der Waals surface area contributed by atoms with E-state index < -0.39 is 0 Å². The number of ether oxygens (including phenoxy) is 4. The van der Waals surface area contributed by atoms with Gasteiger partial charge in [-0.05, 0) is 50.5 Å². The number of nitrogens with zero attached hydrogens (tertiary/aromatic N) is 1. The van der Waals surface area contributed by atoms with Gasteiger partial charge in [-0.3, -0.25) is 4.79 Å². The number of piperidine rings is 1. The van der Waals surface area contributed by atoms with Gasteiger partial charge in [-0.25, -0.2) is 0 Å². The lowest BCUT2D eigenvalue weighted by molar-refractivity contribution is -0.134. The van der Waals surface area contributed by atoms with Crippen molar-refractivity contribution in [1.29, 1.82) is 0 Å². The van der Waals surface area contributed by atoms with Gasteiger partial charge in [-0.1, -0.05) is 6.07 Å². The lowest BCUT2D eigenvalue weighted by atomic mass is 9.97. The molecule has 1 atom stereocenters. The van der Waals surface area contributed by atoms with Crippen molar-refractivity contribution >= 4 is 12.0 Å². The zero-order chi connectivity index (χ0) is 19.2. The molecule has 2 saturated heterocycles. The highest BCUT2D eigenvalue weighted by atomic mass is 16.7. The Morgan fingerprint density at radius 1 is 1.26 bits per heavy atom. The smallest absolute Gasteiger partial charge is 0.246 e. The van der Waals surface area contributed by atoms with Gasteiger partial charge in [0.1, 0.15) is 0 Å². The van der Waals surface area contributed by atoms with Gasteiger partial charge in [-0.2, -0.15) is 0 Å². The van der Waals surface area contributed by atoms with E-state index in [-0.39, 0.29) is 24.2 Å². The summed E-state index contributed by atoms with van der Waals surface area (Å²) in [5.41, 5.74) is 0.896. The van der Waals surface area contributed by atoms with Crippen LogP contribution in [-0.4, -0.2) is 56.6 Å². The van der Waals surface area contributed by atoms with Crippen LogP contribution in [0.2, 0.25) is 0 Å². The molecule has 27 heavy (non-hydrogen) atoms. The summed E-state index contributed by atoms with van der Waals surface area (Å²) in [6, 6.07) is 5.67. The first kappa shape index (κ1) is 19.7. The molecule has 0 N–H and O–H groups in total. The number of hydrogen-bond donors (Lipinski definition) is 0. The van der Waals surface area contributed by atoms with Crippen LogP contribution in [0.4, 0.5) is 0 Å². The molecule has 0 aliphatic carbocycles. The summed E-state index contributed by atoms with van der Waals surface area (Å²) in [6.07, 6.45) is 5.35. The molecule has 2 fully saturated rings. The second-order valence-corrected chi connectivity index (χ2v) is 7.21. The third-order valence-corrected chi connectivity index (χ3v) is 4.77. The summed E-state index contributed by atoms with van der Waals surface area (Å²) in [5.74, 6) is 1.63. The average molecular weight is 375 g/mol. The number of carbonyl (C=O) groups excluding carboxylic acids is 1. The van der Waals surface area contributed by atoms with Crippen LogP contribution in [-0.2, 0) is 14.3 Å². The number of hydrogen-bond acceptors (Lipinski definition) is 5. The summed E-state index contributed by atoms with van der Waals surface area (Å²) in [6.45, 7) is 6.69. The van der Waals surface area contributed by atoms with Crippen LogP contribution >= 0.6 is 0 Å². The van der Waals surface area contributed by atoms with Crippen molar-refractivity contribution in [2.24, 2.45) is 5.92 Å². The molecule has 0 aromatic heterocycles. The monoisotopic (exact) mass is 375 g/mol. The van der Waals surface area contributed by atoms with E-state index in [0.717, 1.165) is 24.9 Å². The Hall–Kier alpha value is -2.05. The van der Waals surface area contributed by atoms with Gasteiger partial charge < -0.3 is 23.8 Å². The van der Waals surface area contributed by atoms with Crippen LogP contribution in [0.25, 0.3) is 6.08 Å². The van der Waals surface area contributed by atoms with Gasteiger partial charge in [0, 0.05) is 25.1 Å². The summed E-state index contributed by atoms with van der Waals surface area (Å²) in [4.78, 5) is 14.5. The molecule has 1 aromatic rings. The molecule has 2 heterocycles. The van der Waals surface area contributed by atoms with Gasteiger partial charge >= 0.3 is 0 Å². The lowest BCUT2D eigenvalue weighted by Crippen LogP contribution is -2.43. The van der Waals surface area contributed by atoms with E-state index in [1.165, 1.54) is 0 Å². The maximum absolute atomic E-state index is 12.6. The van der Waals surface area contributed by atoms with E-state index in [4.69, 9.17) is 18.9 Å². The minimum absolute atomic E-state index is 0.0131. The Bertz CT molecular complexity index is 667. The fourth-order valence-electron chi connectivity index (χ4n) is 3.49.